The van der Waals surface area contributed by atoms with Crippen molar-refractivity contribution in [1.82, 2.24) is 15.2 Å². The summed E-state index contributed by atoms with van der Waals surface area (Å²) in [5.74, 6) is 1.06. The Kier molecular flexibility index (Phi) is 4.77. The Balaban J connectivity index is 1.92. The van der Waals surface area contributed by atoms with E-state index in [1.54, 1.807) is 0 Å². The zero-order chi connectivity index (χ0) is 13.8. The maximum absolute atomic E-state index is 4.72. The number of aryl methyl sites for hydroxylation is 1. The van der Waals surface area contributed by atoms with Gasteiger partial charge in [0.1, 0.15) is 5.82 Å². The molecular weight excluding hydrogens is 236 g/mol. The Hall–Kier alpha value is -1.13. The van der Waals surface area contributed by atoms with Crippen molar-refractivity contribution in [1.29, 1.82) is 0 Å². The summed E-state index contributed by atoms with van der Waals surface area (Å²) in [5.41, 5.74) is 2.46. The van der Waals surface area contributed by atoms with E-state index in [1.165, 1.54) is 18.4 Å². The molecule has 4 nitrogen and oxygen atoms in total. The van der Waals surface area contributed by atoms with Crippen LogP contribution in [0.3, 0.4) is 0 Å². The lowest BCUT2D eigenvalue weighted by Crippen LogP contribution is -2.29. The van der Waals surface area contributed by atoms with Gasteiger partial charge >= 0.3 is 0 Å². The van der Waals surface area contributed by atoms with Gasteiger partial charge in [-0.25, -0.2) is 4.98 Å². The monoisotopic (exact) mass is 262 g/mol. The van der Waals surface area contributed by atoms with Crippen LogP contribution < -0.4 is 10.2 Å². The molecule has 19 heavy (non-hydrogen) atoms. The highest BCUT2D eigenvalue weighted by Crippen LogP contribution is 2.20. The molecule has 0 aliphatic heterocycles. The first kappa shape index (κ1) is 14.3. The number of likely N-dealkylation sites (N-methyl/N-ethyl adjacent to an activating group) is 2. The number of anilines is 1. The molecule has 1 saturated carbocycles. The maximum atomic E-state index is 4.72. The van der Waals surface area contributed by atoms with E-state index < -0.39 is 0 Å². The molecule has 0 aromatic carbocycles. The minimum Gasteiger partial charge on any atom is -0.358 e. The quantitative estimate of drug-likeness (QED) is 0.809. The Morgan fingerprint density at radius 3 is 2.53 bits per heavy atom. The molecule has 0 spiro atoms. The molecule has 0 bridgehead atoms. The lowest BCUT2D eigenvalue weighted by molar-refractivity contribution is 0.416. The van der Waals surface area contributed by atoms with E-state index in [1.807, 2.05) is 0 Å². The van der Waals surface area contributed by atoms with Gasteiger partial charge in [-0.15, -0.1) is 0 Å². The third-order valence-corrected chi connectivity index (χ3v) is 3.61. The molecule has 0 atom stereocenters. The number of rotatable bonds is 7. The van der Waals surface area contributed by atoms with Crippen LogP contribution >= 0.6 is 0 Å². The van der Waals surface area contributed by atoms with Gasteiger partial charge in [-0.3, -0.25) is 0 Å². The predicted molar refractivity (Wildman–Crippen MR) is 80.7 cm³/mol. The van der Waals surface area contributed by atoms with Crippen molar-refractivity contribution in [2.75, 3.05) is 39.1 Å². The van der Waals surface area contributed by atoms with Crippen molar-refractivity contribution >= 4 is 5.82 Å². The molecule has 1 fully saturated rings. The molecule has 1 aliphatic rings. The Bertz CT molecular complexity index is 413. The summed E-state index contributed by atoms with van der Waals surface area (Å²) >= 11 is 0. The number of hydrogen-bond donors (Lipinski definition) is 1. The van der Waals surface area contributed by atoms with Crippen LogP contribution in [0.15, 0.2) is 12.1 Å². The first-order valence-electron chi connectivity index (χ1n) is 7.12. The van der Waals surface area contributed by atoms with Gasteiger partial charge in [-0.2, -0.15) is 0 Å². The third kappa shape index (κ3) is 4.48. The van der Waals surface area contributed by atoms with Gasteiger partial charge in [0.2, 0.25) is 0 Å². The first-order chi connectivity index (χ1) is 9.06. The minimum absolute atomic E-state index is 0.752. The van der Waals surface area contributed by atoms with Crippen molar-refractivity contribution in [3.63, 3.8) is 0 Å². The van der Waals surface area contributed by atoms with Crippen LogP contribution in [-0.4, -0.2) is 50.2 Å². The van der Waals surface area contributed by atoms with Crippen LogP contribution in [-0.2, 0) is 6.54 Å². The molecule has 1 heterocycles. The van der Waals surface area contributed by atoms with Crippen molar-refractivity contribution in [2.24, 2.45) is 0 Å². The molecule has 1 N–H and O–H groups in total. The largest absolute Gasteiger partial charge is 0.358 e. The molecule has 2 rings (SSSR count). The summed E-state index contributed by atoms with van der Waals surface area (Å²) in [7, 11) is 6.30. The van der Waals surface area contributed by atoms with E-state index in [4.69, 9.17) is 4.98 Å². The summed E-state index contributed by atoms with van der Waals surface area (Å²) in [6, 6.07) is 5.09. The molecule has 106 valence electrons. The smallest absolute Gasteiger partial charge is 0.128 e. The average molecular weight is 262 g/mol. The van der Waals surface area contributed by atoms with E-state index in [0.717, 1.165) is 37.2 Å². The number of pyridine rings is 1. The summed E-state index contributed by atoms with van der Waals surface area (Å²) < 4.78 is 0. The standard InChI is InChI=1S/C15H26N4/c1-12-13(11-16-14-6-7-14)5-8-15(17-12)19(4)10-9-18(2)3/h5,8,14,16H,6-7,9-11H2,1-4H3. The normalized spacial score (nSPS) is 15.0. The minimum atomic E-state index is 0.752. The van der Waals surface area contributed by atoms with Crippen LogP contribution in [0.5, 0.6) is 0 Å². The number of nitrogens with one attached hydrogen (secondary N) is 1. The second-order valence-electron chi connectivity index (χ2n) is 5.79. The molecule has 0 saturated heterocycles. The lowest BCUT2D eigenvalue weighted by atomic mass is 10.2. The van der Waals surface area contributed by atoms with Gasteiger partial charge in [-0.05, 0) is 45.5 Å². The summed E-state index contributed by atoms with van der Waals surface area (Å²) in [6.45, 7) is 5.10. The second kappa shape index (κ2) is 6.35. The summed E-state index contributed by atoms with van der Waals surface area (Å²) in [6.07, 6.45) is 2.66. The van der Waals surface area contributed by atoms with Crippen molar-refractivity contribution in [3.05, 3.63) is 23.4 Å². The van der Waals surface area contributed by atoms with E-state index in [-0.39, 0.29) is 0 Å². The fraction of sp³-hybridized carbons (Fsp3) is 0.667. The lowest BCUT2D eigenvalue weighted by Gasteiger charge is -2.21. The Morgan fingerprint density at radius 2 is 1.95 bits per heavy atom. The van der Waals surface area contributed by atoms with Gasteiger partial charge in [-0.1, -0.05) is 6.07 Å². The van der Waals surface area contributed by atoms with Crippen molar-refractivity contribution < 1.29 is 0 Å². The van der Waals surface area contributed by atoms with Crippen LogP contribution in [0.1, 0.15) is 24.1 Å². The molecule has 4 heteroatoms. The van der Waals surface area contributed by atoms with Crippen LogP contribution in [0.2, 0.25) is 0 Å². The molecule has 0 radical (unpaired) electrons. The highest BCUT2D eigenvalue weighted by Gasteiger charge is 2.20. The fourth-order valence-corrected chi connectivity index (χ4v) is 1.98. The van der Waals surface area contributed by atoms with Crippen molar-refractivity contribution in [3.8, 4) is 0 Å². The topological polar surface area (TPSA) is 31.4 Å². The number of hydrogen-bond acceptors (Lipinski definition) is 4. The van der Waals surface area contributed by atoms with Gasteiger partial charge in [0.05, 0.1) is 0 Å². The average Bonchev–Trinajstić information content (AvgIpc) is 3.18. The molecule has 0 amide bonds. The highest BCUT2D eigenvalue weighted by atomic mass is 15.2. The van der Waals surface area contributed by atoms with Crippen LogP contribution in [0.4, 0.5) is 5.82 Å². The maximum Gasteiger partial charge on any atom is 0.128 e. The van der Waals surface area contributed by atoms with E-state index in [0.29, 0.717) is 0 Å². The molecule has 1 aliphatic carbocycles. The van der Waals surface area contributed by atoms with E-state index in [2.05, 4.69) is 55.3 Å². The first-order valence-corrected chi connectivity index (χ1v) is 7.12. The molecule has 1 aromatic heterocycles. The Morgan fingerprint density at radius 1 is 1.21 bits per heavy atom. The zero-order valence-electron chi connectivity index (χ0n) is 12.6. The SMILES string of the molecule is Cc1nc(N(C)CCN(C)C)ccc1CNC1CC1. The molecular formula is C15H26N4. The molecule has 1 aromatic rings. The number of aromatic nitrogens is 1. The van der Waals surface area contributed by atoms with Crippen LogP contribution in [0.25, 0.3) is 0 Å². The predicted octanol–water partition coefficient (Wildman–Crippen LogP) is 1.64. The second-order valence-corrected chi connectivity index (χ2v) is 5.79. The summed E-state index contributed by atoms with van der Waals surface area (Å²) in [5, 5.41) is 3.54. The van der Waals surface area contributed by atoms with Crippen LogP contribution in [0, 0.1) is 6.92 Å². The van der Waals surface area contributed by atoms with E-state index in [9.17, 15) is 0 Å². The van der Waals surface area contributed by atoms with Gasteiger partial charge in [0, 0.05) is 38.4 Å². The highest BCUT2D eigenvalue weighted by molar-refractivity contribution is 5.40. The third-order valence-electron chi connectivity index (χ3n) is 3.61. The van der Waals surface area contributed by atoms with Gasteiger partial charge in [0.25, 0.3) is 0 Å². The zero-order valence-corrected chi connectivity index (χ0v) is 12.6. The molecule has 0 unspecified atom stereocenters. The van der Waals surface area contributed by atoms with Crippen molar-refractivity contribution in [2.45, 2.75) is 32.4 Å². The van der Waals surface area contributed by atoms with Gasteiger partial charge in [0.15, 0.2) is 0 Å². The Labute approximate surface area is 116 Å². The summed E-state index contributed by atoms with van der Waals surface area (Å²) in [4.78, 5) is 9.12. The number of nitrogens with zero attached hydrogens (tertiary/aromatic N) is 3. The van der Waals surface area contributed by atoms with Gasteiger partial charge < -0.3 is 15.1 Å². The fourth-order valence-electron chi connectivity index (χ4n) is 1.98. The van der Waals surface area contributed by atoms with E-state index >= 15 is 0 Å².